The first-order chi connectivity index (χ1) is 7.18. The summed E-state index contributed by atoms with van der Waals surface area (Å²) in [6, 6.07) is 6.92. The zero-order chi connectivity index (χ0) is 10.8. The maximum atomic E-state index is 10.4. The van der Waals surface area contributed by atoms with Crippen LogP contribution in [0.5, 0.6) is 0 Å². The third-order valence-corrected chi connectivity index (χ3v) is 3.26. The van der Waals surface area contributed by atoms with Crippen molar-refractivity contribution >= 4 is 17.9 Å². The summed E-state index contributed by atoms with van der Waals surface area (Å²) >= 11 is 1.88. The van der Waals surface area contributed by atoms with E-state index < -0.39 is 5.97 Å². The molecule has 0 aliphatic carbocycles. The van der Waals surface area contributed by atoms with Crippen molar-refractivity contribution in [3.8, 4) is 0 Å². The van der Waals surface area contributed by atoms with E-state index in [4.69, 9.17) is 5.11 Å². The number of aryl methyl sites for hydroxylation is 1. The Morgan fingerprint density at radius 2 is 2.27 bits per heavy atom. The normalized spacial score (nSPS) is 25.4. The molecule has 2 aliphatic heterocycles. The van der Waals surface area contributed by atoms with Gasteiger partial charge in [0.2, 0.25) is 0 Å². The Bertz CT molecular complexity index is 371. The second kappa shape index (κ2) is 4.22. The lowest BCUT2D eigenvalue weighted by Crippen LogP contribution is -2.38. The van der Waals surface area contributed by atoms with Crippen LogP contribution in [0.15, 0.2) is 24.3 Å². The number of rotatable bonds is 1. The minimum absolute atomic E-state index is 0.377. The number of hydrogen-bond acceptors (Lipinski definition) is 4. The average molecular weight is 224 g/mol. The van der Waals surface area contributed by atoms with Crippen LogP contribution < -0.4 is 5.43 Å². The van der Waals surface area contributed by atoms with E-state index in [1.807, 2.05) is 18.0 Å². The Labute approximate surface area is 92.4 Å². The molecule has 2 unspecified atom stereocenters. The Kier molecular flexibility index (Phi) is 2.95. The van der Waals surface area contributed by atoms with Gasteiger partial charge in [-0.2, -0.15) is 4.41 Å². The molecular weight excluding hydrogens is 212 g/mol. The fraction of sp³-hybridized carbons (Fsp3) is 0.300. The van der Waals surface area contributed by atoms with Gasteiger partial charge in [-0.1, -0.05) is 18.2 Å². The van der Waals surface area contributed by atoms with Crippen LogP contribution in [0.25, 0.3) is 0 Å². The molecule has 2 heterocycles. The van der Waals surface area contributed by atoms with Gasteiger partial charge >= 0.3 is 5.97 Å². The van der Waals surface area contributed by atoms with E-state index in [0.29, 0.717) is 5.56 Å². The van der Waals surface area contributed by atoms with Gasteiger partial charge < -0.3 is 5.11 Å². The largest absolute Gasteiger partial charge is 0.478 e. The van der Waals surface area contributed by atoms with Crippen molar-refractivity contribution in [1.82, 2.24) is 9.84 Å². The number of hydrazine groups is 1. The number of carboxylic acid groups (broad SMARTS) is 1. The first-order valence-corrected chi connectivity index (χ1v) is 5.50. The maximum Gasteiger partial charge on any atom is 0.335 e. The highest BCUT2D eigenvalue weighted by Gasteiger charge is 2.44. The Morgan fingerprint density at radius 1 is 1.60 bits per heavy atom. The number of hydrogen-bond donors (Lipinski definition) is 2. The van der Waals surface area contributed by atoms with Gasteiger partial charge in [0, 0.05) is 6.54 Å². The number of carboxylic acids is 1. The highest BCUT2D eigenvalue weighted by atomic mass is 32.2. The molecule has 2 saturated heterocycles. The summed E-state index contributed by atoms with van der Waals surface area (Å²) < 4.78 is 2.14. The molecule has 0 spiro atoms. The van der Waals surface area contributed by atoms with Crippen LogP contribution >= 0.6 is 11.9 Å². The van der Waals surface area contributed by atoms with E-state index in [2.05, 4.69) is 9.84 Å². The first kappa shape index (κ1) is 10.5. The minimum Gasteiger partial charge on any atom is -0.478 e. The van der Waals surface area contributed by atoms with Crippen LogP contribution in [-0.4, -0.2) is 27.4 Å². The van der Waals surface area contributed by atoms with Crippen LogP contribution in [0.2, 0.25) is 0 Å². The van der Waals surface area contributed by atoms with Gasteiger partial charge in [-0.3, -0.25) is 0 Å². The Morgan fingerprint density at radius 3 is 2.53 bits per heavy atom. The van der Waals surface area contributed by atoms with E-state index in [1.165, 1.54) is 6.54 Å². The van der Waals surface area contributed by atoms with Crippen molar-refractivity contribution in [2.45, 2.75) is 12.3 Å². The van der Waals surface area contributed by atoms with Gasteiger partial charge in [0.1, 0.15) is 5.37 Å². The predicted molar refractivity (Wildman–Crippen MR) is 59.4 cm³/mol. The van der Waals surface area contributed by atoms with Gasteiger partial charge in [-0.15, -0.1) is 0 Å². The summed E-state index contributed by atoms with van der Waals surface area (Å²) in [5.74, 6) is -0.863. The minimum atomic E-state index is -0.863. The highest BCUT2D eigenvalue weighted by molar-refractivity contribution is 8.04. The molecule has 0 saturated carbocycles. The van der Waals surface area contributed by atoms with E-state index >= 15 is 0 Å². The summed E-state index contributed by atoms with van der Waals surface area (Å²) in [4.78, 5) is 10.4. The van der Waals surface area contributed by atoms with Crippen LogP contribution in [0.4, 0.5) is 0 Å². The molecular formula is C10H12N2O2S. The van der Waals surface area contributed by atoms with Gasteiger partial charge in [-0.05, 0) is 30.5 Å². The van der Waals surface area contributed by atoms with Crippen molar-refractivity contribution < 1.29 is 9.90 Å². The summed E-state index contributed by atoms with van der Waals surface area (Å²) in [5, 5.41) is 9.44. The van der Waals surface area contributed by atoms with Crippen molar-refractivity contribution in [1.29, 1.82) is 0 Å². The highest BCUT2D eigenvalue weighted by Crippen LogP contribution is 2.41. The molecule has 2 fully saturated rings. The maximum absolute atomic E-state index is 10.4. The fourth-order valence-corrected chi connectivity index (χ4v) is 1.89. The van der Waals surface area contributed by atoms with Gasteiger partial charge in [-0.25, -0.2) is 10.2 Å². The zero-order valence-electron chi connectivity index (χ0n) is 8.30. The molecule has 2 N–H and O–H groups in total. The number of fused-ring (bicyclic) bond motifs is 1. The molecule has 3 rings (SSSR count). The predicted octanol–water partition coefficient (Wildman–Crippen LogP) is 1.49. The summed E-state index contributed by atoms with van der Waals surface area (Å²) in [5.41, 5.74) is 4.26. The Balaban J connectivity index is 0.000000139. The number of benzene rings is 1. The molecule has 80 valence electrons. The smallest absolute Gasteiger partial charge is 0.335 e. The summed E-state index contributed by atoms with van der Waals surface area (Å²) in [6.07, 6.45) is 0. The number of nitrogens with one attached hydrogen (secondary N) is 1. The molecule has 0 amide bonds. The molecule has 2 atom stereocenters. The molecule has 4 nitrogen and oxygen atoms in total. The van der Waals surface area contributed by atoms with Crippen LogP contribution in [-0.2, 0) is 0 Å². The monoisotopic (exact) mass is 224 g/mol. The topological polar surface area (TPSA) is 52.3 Å². The van der Waals surface area contributed by atoms with Crippen LogP contribution in [0, 0.1) is 6.92 Å². The second-order valence-corrected chi connectivity index (χ2v) is 4.52. The van der Waals surface area contributed by atoms with Crippen LogP contribution in [0.3, 0.4) is 0 Å². The lowest BCUT2D eigenvalue weighted by Gasteiger charge is -2.08. The van der Waals surface area contributed by atoms with Gasteiger partial charge in [0.25, 0.3) is 0 Å². The van der Waals surface area contributed by atoms with Crippen molar-refractivity contribution in [2.24, 2.45) is 0 Å². The molecule has 1 aromatic rings. The van der Waals surface area contributed by atoms with E-state index in [1.54, 1.807) is 25.1 Å². The number of nitrogens with zero attached hydrogens (tertiary/aromatic N) is 1. The quantitative estimate of drug-likeness (QED) is 0.559. The van der Waals surface area contributed by atoms with E-state index in [0.717, 1.165) is 10.9 Å². The van der Waals surface area contributed by atoms with E-state index in [9.17, 15) is 4.79 Å². The molecule has 5 heteroatoms. The molecule has 1 aromatic carbocycles. The third kappa shape index (κ3) is 2.50. The molecule has 2 aliphatic rings. The lowest BCUT2D eigenvalue weighted by atomic mass is 10.1. The number of carbonyl (C=O) groups is 1. The van der Waals surface area contributed by atoms with Gasteiger partial charge in [0.15, 0.2) is 0 Å². The van der Waals surface area contributed by atoms with E-state index in [-0.39, 0.29) is 0 Å². The first-order valence-electron chi connectivity index (χ1n) is 4.67. The standard InChI is InChI=1S/C8H8O2.C2H4N2S/c1-6-4-2-3-5-7(6)8(9)10;1-2-4(3-1)5-2/h2-5H,1H3,(H,9,10);2-3H,1H2. The summed E-state index contributed by atoms with van der Waals surface area (Å²) in [6.45, 7) is 2.98. The average Bonchev–Trinajstić information content (AvgIpc) is 2.74. The summed E-state index contributed by atoms with van der Waals surface area (Å²) in [7, 11) is 0. The molecule has 15 heavy (non-hydrogen) atoms. The van der Waals surface area contributed by atoms with Crippen molar-refractivity contribution in [3.05, 3.63) is 35.4 Å². The third-order valence-electron chi connectivity index (χ3n) is 2.25. The molecule has 0 aromatic heterocycles. The van der Waals surface area contributed by atoms with Gasteiger partial charge in [0.05, 0.1) is 5.56 Å². The van der Waals surface area contributed by atoms with Crippen molar-refractivity contribution in [3.63, 3.8) is 0 Å². The SMILES string of the molecule is C1NN2SC12.Cc1ccccc1C(=O)O. The Hall–Kier alpha value is -1.04. The molecule has 0 bridgehead atoms. The molecule has 0 radical (unpaired) electrons. The van der Waals surface area contributed by atoms with Crippen LogP contribution in [0.1, 0.15) is 15.9 Å². The fourth-order valence-electron chi connectivity index (χ4n) is 1.23. The zero-order valence-corrected chi connectivity index (χ0v) is 9.12. The lowest BCUT2D eigenvalue weighted by molar-refractivity contribution is 0.0696. The van der Waals surface area contributed by atoms with Crippen molar-refractivity contribution in [2.75, 3.05) is 6.54 Å². The number of aromatic carboxylic acids is 1. The second-order valence-electron chi connectivity index (χ2n) is 3.37.